The second-order valence-electron chi connectivity index (χ2n) is 7.84. The second-order valence-corrected chi connectivity index (χ2v) is 9.61. The highest BCUT2D eigenvalue weighted by Gasteiger charge is 2.35. The van der Waals surface area contributed by atoms with Crippen LogP contribution in [0.1, 0.15) is 25.1 Å². The molecule has 0 aliphatic carbocycles. The van der Waals surface area contributed by atoms with Crippen molar-refractivity contribution in [3.05, 3.63) is 47.8 Å². The third-order valence-electron chi connectivity index (χ3n) is 4.51. The van der Waals surface area contributed by atoms with Crippen LogP contribution < -0.4 is 10.5 Å². The monoisotopic (exact) mass is 506 g/mol. The van der Waals surface area contributed by atoms with Crippen molar-refractivity contribution in [1.29, 1.82) is 0 Å². The Morgan fingerprint density at radius 3 is 2.39 bits per heavy atom. The smallest absolute Gasteiger partial charge is 0.389 e. The first kappa shape index (κ1) is 26.6. The van der Waals surface area contributed by atoms with E-state index in [0.717, 1.165) is 0 Å². The van der Waals surface area contributed by atoms with Crippen molar-refractivity contribution in [3.63, 3.8) is 0 Å². The molecule has 33 heavy (non-hydrogen) atoms. The van der Waals surface area contributed by atoms with E-state index in [-0.39, 0.29) is 41.0 Å². The van der Waals surface area contributed by atoms with Crippen LogP contribution in [0.5, 0.6) is 0 Å². The number of aromatic nitrogens is 2. The third kappa shape index (κ3) is 6.22. The van der Waals surface area contributed by atoms with Gasteiger partial charge in [-0.15, -0.1) is 12.4 Å². The first-order valence-corrected chi connectivity index (χ1v) is 10.8. The Balaban J connectivity index is 0.00000385. The minimum Gasteiger partial charge on any atom is -0.389 e. The molecule has 0 spiro atoms. The van der Waals surface area contributed by atoms with E-state index >= 15 is 0 Å². The minimum atomic E-state index is -4.68. The quantitative estimate of drug-likeness (QED) is 0.463. The van der Waals surface area contributed by atoms with Gasteiger partial charge < -0.3 is 15.4 Å². The molecule has 8 nitrogen and oxygen atoms in total. The number of nitrogens with one attached hydrogen (secondary N) is 1. The summed E-state index contributed by atoms with van der Waals surface area (Å²) in [6.07, 6.45) is -3.31. The summed E-state index contributed by atoms with van der Waals surface area (Å²) in [6, 6.07) is 6.56. The van der Waals surface area contributed by atoms with Gasteiger partial charge in [-0.3, -0.25) is 0 Å². The summed E-state index contributed by atoms with van der Waals surface area (Å²) >= 11 is 0. The Morgan fingerprint density at radius 1 is 1.15 bits per heavy atom. The average Bonchev–Trinajstić information content (AvgIpc) is 3.17. The van der Waals surface area contributed by atoms with Crippen LogP contribution >= 0.6 is 12.4 Å². The molecule has 0 radical (unpaired) electrons. The van der Waals surface area contributed by atoms with Crippen LogP contribution in [-0.4, -0.2) is 35.8 Å². The van der Waals surface area contributed by atoms with Crippen molar-refractivity contribution in [2.24, 2.45) is 0 Å². The highest BCUT2D eigenvalue weighted by Crippen LogP contribution is 2.35. The number of nitrogens with zero attached hydrogens (tertiary/aromatic N) is 2. The van der Waals surface area contributed by atoms with Crippen LogP contribution in [0.3, 0.4) is 0 Å². The van der Waals surface area contributed by atoms with Gasteiger partial charge in [0, 0.05) is 24.4 Å². The summed E-state index contributed by atoms with van der Waals surface area (Å²) in [4.78, 5) is 3.96. The maximum atomic E-state index is 12.9. The van der Waals surface area contributed by atoms with Gasteiger partial charge in [0.05, 0.1) is 16.1 Å². The number of aliphatic hydroxyl groups is 1. The van der Waals surface area contributed by atoms with Crippen molar-refractivity contribution in [1.82, 2.24) is 14.9 Å². The third-order valence-corrected chi connectivity index (χ3v) is 5.91. The molecule has 0 fully saturated rings. The zero-order valence-electron chi connectivity index (χ0n) is 17.8. The molecule has 180 valence electrons. The standard InChI is InChI=1S/C20H21F3N4O4S.ClH/c1-11-4-5-13(32(29,30)26-10-19(2,3)28)7-14(11)12-6-15(18(24)25-9-12)16-8-17(27-31-16)20(21,22)23;/h4-9,26,28H,10H2,1-3H3,(H2,24,25);1H. The lowest BCUT2D eigenvalue weighted by molar-refractivity contribution is -0.142. The van der Waals surface area contributed by atoms with Crippen LogP contribution in [-0.2, 0) is 16.2 Å². The number of rotatable bonds is 6. The number of nitrogen functional groups attached to an aromatic ring is 1. The summed E-state index contributed by atoms with van der Waals surface area (Å²) in [7, 11) is -3.93. The largest absolute Gasteiger partial charge is 0.436 e. The van der Waals surface area contributed by atoms with Crippen molar-refractivity contribution < 1.29 is 31.2 Å². The lowest BCUT2D eigenvalue weighted by Crippen LogP contribution is -2.38. The van der Waals surface area contributed by atoms with Gasteiger partial charge in [0.15, 0.2) is 11.5 Å². The van der Waals surface area contributed by atoms with Gasteiger partial charge in [0.25, 0.3) is 0 Å². The van der Waals surface area contributed by atoms with Crippen LogP contribution in [0.4, 0.5) is 19.0 Å². The van der Waals surface area contributed by atoms with Gasteiger partial charge in [-0.1, -0.05) is 11.2 Å². The lowest BCUT2D eigenvalue weighted by atomic mass is 10.00. The predicted molar refractivity (Wildman–Crippen MR) is 118 cm³/mol. The molecule has 0 amide bonds. The topological polar surface area (TPSA) is 131 Å². The Morgan fingerprint density at radius 2 is 1.82 bits per heavy atom. The number of pyridine rings is 1. The van der Waals surface area contributed by atoms with Gasteiger partial charge >= 0.3 is 6.18 Å². The molecule has 2 heterocycles. The fourth-order valence-electron chi connectivity index (χ4n) is 2.79. The SMILES string of the molecule is Cc1ccc(S(=O)(=O)NCC(C)(C)O)cc1-c1cnc(N)c(-c2cc(C(F)(F)F)no2)c1.Cl. The predicted octanol–water partition coefficient (Wildman–Crippen LogP) is 3.78. The molecule has 0 saturated heterocycles. The van der Waals surface area contributed by atoms with Gasteiger partial charge in [-0.25, -0.2) is 18.1 Å². The normalized spacial score (nSPS) is 12.5. The molecule has 2 aromatic heterocycles. The van der Waals surface area contributed by atoms with Crippen molar-refractivity contribution in [3.8, 4) is 22.5 Å². The van der Waals surface area contributed by atoms with E-state index in [9.17, 15) is 26.7 Å². The molecule has 0 aliphatic rings. The number of aryl methyl sites for hydroxylation is 1. The summed E-state index contributed by atoms with van der Waals surface area (Å²) in [5.74, 6) is -0.302. The molecule has 3 aromatic rings. The van der Waals surface area contributed by atoms with E-state index in [1.165, 1.54) is 38.2 Å². The molecule has 0 aliphatic heterocycles. The number of sulfonamides is 1. The Labute approximate surface area is 194 Å². The van der Waals surface area contributed by atoms with Crippen LogP contribution in [0.15, 0.2) is 45.9 Å². The number of alkyl halides is 3. The first-order chi connectivity index (χ1) is 14.7. The molecular weight excluding hydrogens is 485 g/mol. The zero-order chi connectivity index (χ0) is 23.9. The molecule has 1 aromatic carbocycles. The highest BCUT2D eigenvalue weighted by molar-refractivity contribution is 7.89. The van der Waals surface area contributed by atoms with Crippen LogP contribution in [0.25, 0.3) is 22.5 Å². The van der Waals surface area contributed by atoms with Crippen molar-refractivity contribution in [2.75, 3.05) is 12.3 Å². The maximum absolute atomic E-state index is 12.9. The number of benzene rings is 1. The highest BCUT2D eigenvalue weighted by atomic mass is 35.5. The maximum Gasteiger partial charge on any atom is 0.436 e. The van der Waals surface area contributed by atoms with Crippen LogP contribution in [0, 0.1) is 6.92 Å². The molecule has 13 heteroatoms. The Hall–Kier alpha value is -2.67. The fraction of sp³-hybridized carbons (Fsp3) is 0.300. The van der Waals surface area contributed by atoms with E-state index in [2.05, 4.69) is 14.9 Å². The Kier molecular flexibility index (Phi) is 7.49. The number of nitrogens with two attached hydrogens (primary N) is 1. The molecular formula is C20H22ClF3N4O4S. The van der Waals surface area contributed by atoms with Gasteiger partial charge in [-0.05, 0) is 50.1 Å². The number of halogens is 4. The molecule has 0 bridgehead atoms. The number of hydrogen-bond donors (Lipinski definition) is 3. The fourth-order valence-corrected chi connectivity index (χ4v) is 4.02. The van der Waals surface area contributed by atoms with E-state index in [4.69, 9.17) is 10.3 Å². The minimum absolute atomic E-state index is 0. The van der Waals surface area contributed by atoms with Crippen molar-refractivity contribution >= 4 is 28.2 Å². The van der Waals surface area contributed by atoms with E-state index < -0.39 is 27.5 Å². The van der Waals surface area contributed by atoms with Gasteiger partial charge in [0.2, 0.25) is 10.0 Å². The summed E-state index contributed by atoms with van der Waals surface area (Å²) in [5.41, 5.74) is 5.03. The molecule has 4 N–H and O–H groups in total. The summed E-state index contributed by atoms with van der Waals surface area (Å²) in [5, 5.41) is 12.8. The van der Waals surface area contributed by atoms with E-state index in [1.54, 1.807) is 13.0 Å². The van der Waals surface area contributed by atoms with Gasteiger partial charge in [-0.2, -0.15) is 13.2 Å². The van der Waals surface area contributed by atoms with E-state index in [0.29, 0.717) is 22.8 Å². The molecule has 0 atom stereocenters. The lowest BCUT2D eigenvalue weighted by Gasteiger charge is -2.18. The van der Waals surface area contributed by atoms with Gasteiger partial charge in [0.1, 0.15) is 5.82 Å². The summed E-state index contributed by atoms with van der Waals surface area (Å²) in [6.45, 7) is 4.47. The van der Waals surface area contributed by atoms with Crippen LogP contribution in [0.2, 0.25) is 0 Å². The summed E-state index contributed by atoms with van der Waals surface area (Å²) < 4.78 is 71.0. The van der Waals surface area contributed by atoms with Crippen molar-refractivity contribution in [2.45, 2.75) is 37.4 Å². The first-order valence-electron chi connectivity index (χ1n) is 9.30. The van der Waals surface area contributed by atoms with E-state index in [1.807, 2.05) is 0 Å². The zero-order valence-corrected chi connectivity index (χ0v) is 19.4. The second kappa shape index (κ2) is 9.29. The molecule has 0 saturated carbocycles. The molecule has 3 rings (SSSR count). The average molecular weight is 507 g/mol. The molecule has 0 unspecified atom stereocenters. The number of hydrogen-bond acceptors (Lipinski definition) is 7. The number of anilines is 1. The Bertz CT molecular complexity index is 1250.